The minimum atomic E-state index is 0.289. The summed E-state index contributed by atoms with van der Waals surface area (Å²) in [5.41, 5.74) is 8.34. The molecule has 0 aliphatic rings. The first kappa shape index (κ1) is 12.0. The van der Waals surface area contributed by atoms with Crippen LogP contribution in [0, 0.1) is 18.3 Å². The van der Waals surface area contributed by atoms with Gasteiger partial charge in [0.05, 0.1) is 12.5 Å². The third-order valence-corrected chi connectivity index (χ3v) is 2.61. The molecule has 0 saturated heterocycles. The lowest BCUT2D eigenvalue weighted by Crippen LogP contribution is -1.94. The van der Waals surface area contributed by atoms with Crippen LogP contribution in [0.25, 0.3) is 0 Å². The first-order valence-corrected chi connectivity index (χ1v) is 5.69. The Morgan fingerprint density at radius 1 is 1.17 bits per heavy atom. The van der Waals surface area contributed by atoms with Crippen molar-refractivity contribution in [1.29, 1.82) is 5.26 Å². The molecule has 18 heavy (non-hydrogen) atoms. The molecule has 0 bridgehead atoms. The molecule has 2 rings (SSSR count). The van der Waals surface area contributed by atoms with Crippen molar-refractivity contribution in [1.82, 2.24) is 0 Å². The molecule has 3 heteroatoms. The predicted octanol–water partition coefficient (Wildman–Crippen LogP) is 3.44. The molecule has 0 spiro atoms. The lowest BCUT2D eigenvalue weighted by molar-refractivity contribution is 0.482. The van der Waals surface area contributed by atoms with E-state index in [4.69, 9.17) is 15.7 Å². The van der Waals surface area contributed by atoms with Gasteiger partial charge in [0.2, 0.25) is 0 Å². The van der Waals surface area contributed by atoms with Gasteiger partial charge in [-0.2, -0.15) is 5.26 Å². The van der Waals surface area contributed by atoms with Crippen molar-refractivity contribution in [2.24, 2.45) is 0 Å². The van der Waals surface area contributed by atoms with Crippen molar-refractivity contribution in [3.8, 4) is 17.6 Å². The molecule has 0 amide bonds. The van der Waals surface area contributed by atoms with Crippen molar-refractivity contribution in [3.63, 3.8) is 0 Å². The van der Waals surface area contributed by atoms with E-state index < -0.39 is 0 Å². The van der Waals surface area contributed by atoms with Crippen LogP contribution in [0.15, 0.2) is 42.5 Å². The number of hydrogen-bond donors (Lipinski definition) is 1. The third-order valence-electron chi connectivity index (χ3n) is 2.61. The summed E-state index contributed by atoms with van der Waals surface area (Å²) in [7, 11) is 0. The highest BCUT2D eigenvalue weighted by Crippen LogP contribution is 2.25. The van der Waals surface area contributed by atoms with E-state index in [9.17, 15) is 0 Å². The topological polar surface area (TPSA) is 59.0 Å². The molecule has 0 aliphatic heterocycles. The maximum absolute atomic E-state index is 8.71. The number of nitrogens with two attached hydrogens (primary N) is 1. The first-order valence-electron chi connectivity index (χ1n) is 5.69. The van der Waals surface area contributed by atoms with Crippen LogP contribution < -0.4 is 10.5 Å². The zero-order valence-corrected chi connectivity index (χ0v) is 10.2. The number of nitrogen functional groups attached to an aromatic ring is 1. The summed E-state index contributed by atoms with van der Waals surface area (Å²) >= 11 is 0. The summed E-state index contributed by atoms with van der Waals surface area (Å²) in [4.78, 5) is 0. The van der Waals surface area contributed by atoms with Crippen molar-refractivity contribution < 1.29 is 4.74 Å². The van der Waals surface area contributed by atoms with Crippen molar-refractivity contribution in [3.05, 3.63) is 53.6 Å². The normalized spacial score (nSPS) is 9.78. The highest BCUT2D eigenvalue weighted by molar-refractivity contribution is 5.52. The van der Waals surface area contributed by atoms with Crippen LogP contribution in [0.3, 0.4) is 0 Å². The smallest absolute Gasteiger partial charge is 0.127 e. The Morgan fingerprint density at radius 2 is 1.94 bits per heavy atom. The Balaban J connectivity index is 2.24. The Bertz CT molecular complexity index is 600. The molecule has 0 unspecified atom stereocenters. The van der Waals surface area contributed by atoms with Gasteiger partial charge in [-0.05, 0) is 48.4 Å². The van der Waals surface area contributed by atoms with Crippen LogP contribution in [-0.4, -0.2) is 0 Å². The molecule has 3 nitrogen and oxygen atoms in total. The molecule has 2 aromatic carbocycles. The van der Waals surface area contributed by atoms with Gasteiger partial charge in [-0.1, -0.05) is 12.1 Å². The average Bonchev–Trinajstić information content (AvgIpc) is 2.34. The van der Waals surface area contributed by atoms with Crippen LogP contribution >= 0.6 is 0 Å². The first-order chi connectivity index (χ1) is 8.69. The molecule has 0 aromatic heterocycles. The lowest BCUT2D eigenvalue weighted by atomic mass is 10.1. The zero-order chi connectivity index (χ0) is 13.0. The van der Waals surface area contributed by atoms with E-state index in [0.29, 0.717) is 11.4 Å². The maximum atomic E-state index is 8.71. The number of nitriles is 1. The van der Waals surface area contributed by atoms with Gasteiger partial charge in [0.25, 0.3) is 0 Å². The highest BCUT2D eigenvalue weighted by Gasteiger charge is 2.03. The van der Waals surface area contributed by atoms with E-state index >= 15 is 0 Å². The summed E-state index contributed by atoms with van der Waals surface area (Å²) in [6.45, 7) is 2.01. The van der Waals surface area contributed by atoms with Gasteiger partial charge in [0, 0.05) is 5.69 Å². The molecule has 0 fully saturated rings. The van der Waals surface area contributed by atoms with Gasteiger partial charge in [0.1, 0.15) is 11.5 Å². The SMILES string of the molecule is Cc1cccc(Oc2ccc(N)c(CC#N)c2)c1. The van der Waals surface area contributed by atoms with Crippen LogP contribution in [0.4, 0.5) is 5.69 Å². The minimum Gasteiger partial charge on any atom is -0.457 e. The number of ether oxygens (including phenoxy) is 1. The number of benzene rings is 2. The number of aryl methyl sites for hydroxylation is 1. The van der Waals surface area contributed by atoms with Gasteiger partial charge in [-0.15, -0.1) is 0 Å². The van der Waals surface area contributed by atoms with Crippen LogP contribution in [0.5, 0.6) is 11.5 Å². The number of nitrogens with zero attached hydrogens (tertiary/aromatic N) is 1. The monoisotopic (exact) mass is 238 g/mol. The van der Waals surface area contributed by atoms with Crippen LogP contribution in [0.2, 0.25) is 0 Å². The summed E-state index contributed by atoms with van der Waals surface area (Å²) in [6.07, 6.45) is 0.289. The Labute approximate surface area is 106 Å². The maximum Gasteiger partial charge on any atom is 0.127 e. The number of rotatable bonds is 3. The standard InChI is InChI=1S/C15H14N2O/c1-11-3-2-4-13(9-11)18-14-5-6-15(17)12(10-14)7-8-16/h2-6,9-10H,7,17H2,1H3. The molecule has 0 aliphatic carbocycles. The fraction of sp³-hybridized carbons (Fsp3) is 0.133. The quantitative estimate of drug-likeness (QED) is 0.833. The highest BCUT2D eigenvalue weighted by atomic mass is 16.5. The summed E-state index contributed by atoms with van der Waals surface area (Å²) in [6, 6.07) is 15.3. The fourth-order valence-electron chi connectivity index (χ4n) is 1.70. The van der Waals surface area contributed by atoms with E-state index in [-0.39, 0.29) is 6.42 Å². The predicted molar refractivity (Wildman–Crippen MR) is 71.4 cm³/mol. The summed E-state index contributed by atoms with van der Waals surface area (Å²) in [5.74, 6) is 1.47. The number of anilines is 1. The second kappa shape index (κ2) is 5.24. The lowest BCUT2D eigenvalue weighted by Gasteiger charge is -2.09. The van der Waals surface area contributed by atoms with Crippen molar-refractivity contribution in [2.45, 2.75) is 13.3 Å². The van der Waals surface area contributed by atoms with Gasteiger partial charge in [0.15, 0.2) is 0 Å². The molecule has 0 saturated carbocycles. The van der Waals surface area contributed by atoms with E-state index in [2.05, 4.69) is 6.07 Å². The number of hydrogen-bond acceptors (Lipinski definition) is 3. The second-order valence-electron chi connectivity index (χ2n) is 4.11. The Hall–Kier alpha value is -2.47. The molecule has 90 valence electrons. The van der Waals surface area contributed by atoms with Gasteiger partial charge >= 0.3 is 0 Å². The summed E-state index contributed by atoms with van der Waals surface area (Å²) in [5, 5.41) is 8.71. The fourth-order valence-corrected chi connectivity index (χ4v) is 1.70. The van der Waals surface area contributed by atoms with E-state index in [0.717, 1.165) is 16.9 Å². The van der Waals surface area contributed by atoms with E-state index in [1.807, 2.05) is 31.2 Å². The van der Waals surface area contributed by atoms with Gasteiger partial charge < -0.3 is 10.5 Å². The Morgan fingerprint density at radius 3 is 2.67 bits per heavy atom. The molecule has 0 atom stereocenters. The van der Waals surface area contributed by atoms with Crippen molar-refractivity contribution in [2.75, 3.05) is 5.73 Å². The van der Waals surface area contributed by atoms with E-state index in [1.165, 1.54) is 0 Å². The molecular formula is C15H14N2O. The zero-order valence-electron chi connectivity index (χ0n) is 10.2. The van der Waals surface area contributed by atoms with E-state index in [1.54, 1.807) is 18.2 Å². The van der Waals surface area contributed by atoms with Crippen LogP contribution in [-0.2, 0) is 6.42 Å². The third kappa shape index (κ3) is 2.80. The molecule has 2 aromatic rings. The van der Waals surface area contributed by atoms with Gasteiger partial charge in [-0.25, -0.2) is 0 Å². The average molecular weight is 238 g/mol. The largest absolute Gasteiger partial charge is 0.457 e. The van der Waals surface area contributed by atoms with Crippen molar-refractivity contribution >= 4 is 5.69 Å². The minimum absolute atomic E-state index is 0.289. The Kier molecular flexibility index (Phi) is 3.49. The molecule has 0 radical (unpaired) electrons. The molecule has 2 N–H and O–H groups in total. The molecule has 0 heterocycles. The second-order valence-corrected chi connectivity index (χ2v) is 4.11. The van der Waals surface area contributed by atoms with Gasteiger partial charge in [-0.3, -0.25) is 0 Å². The van der Waals surface area contributed by atoms with Crippen LogP contribution in [0.1, 0.15) is 11.1 Å². The summed E-state index contributed by atoms with van der Waals surface area (Å²) < 4.78 is 5.74. The molecular weight excluding hydrogens is 224 g/mol.